The highest BCUT2D eigenvalue weighted by Gasteiger charge is 2.38. The molecule has 1 rings (SSSR count). The normalized spacial score (nSPS) is 14.2. The predicted molar refractivity (Wildman–Crippen MR) is 83.4 cm³/mol. The van der Waals surface area contributed by atoms with E-state index in [1.165, 1.54) is 0 Å². The first-order chi connectivity index (χ1) is 9.43. The Bertz CT molecular complexity index is 427. The van der Waals surface area contributed by atoms with Crippen molar-refractivity contribution in [3.63, 3.8) is 0 Å². The SMILES string of the molecule is CCCN(CCC)C(C)(Cc1ccc(Cl)cc1)C(=O)O. The van der Waals surface area contributed by atoms with Crippen LogP contribution in [-0.4, -0.2) is 34.6 Å². The Kier molecular flexibility index (Phi) is 6.50. The van der Waals surface area contributed by atoms with E-state index in [0.29, 0.717) is 11.4 Å². The Morgan fingerprint density at radius 2 is 1.70 bits per heavy atom. The van der Waals surface area contributed by atoms with Crippen LogP contribution in [0.4, 0.5) is 0 Å². The Balaban J connectivity index is 3.00. The highest BCUT2D eigenvalue weighted by atomic mass is 35.5. The van der Waals surface area contributed by atoms with Crippen LogP contribution in [0.3, 0.4) is 0 Å². The molecule has 1 aromatic carbocycles. The summed E-state index contributed by atoms with van der Waals surface area (Å²) in [6, 6.07) is 7.42. The minimum atomic E-state index is -0.875. The maximum absolute atomic E-state index is 11.8. The van der Waals surface area contributed by atoms with Crippen molar-refractivity contribution in [3.05, 3.63) is 34.9 Å². The lowest BCUT2D eigenvalue weighted by Crippen LogP contribution is -2.54. The summed E-state index contributed by atoms with van der Waals surface area (Å²) < 4.78 is 0. The van der Waals surface area contributed by atoms with Crippen LogP contribution in [0.1, 0.15) is 39.2 Å². The zero-order chi connectivity index (χ0) is 15.2. The molecular weight excluding hydrogens is 274 g/mol. The van der Waals surface area contributed by atoms with Crippen LogP contribution in [-0.2, 0) is 11.2 Å². The van der Waals surface area contributed by atoms with Crippen LogP contribution in [0.5, 0.6) is 0 Å². The van der Waals surface area contributed by atoms with Crippen molar-refractivity contribution in [1.29, 1.82) is 0 Å². The van der Waals surface area contributed by atoms with E-state index in [4.69, 9.17) is 11.6 Å². The third kappa shape index (κ3) is 4.22. The summed E-state index contributed by atoms with van der Waals surface area (Å²) in [6.45, 7) is 7.56. The molecule has 3 nitrogen and oxygen atoms in total. The molecule has 0 amide bonds. The number of halogens is 1. The van der Waals surface area contributed by atoms with Crippen molar-refractivity contribution in [3.8, 4) is 0 Å². The molecule has 0 bridgehead atoms. The van der Waals surface area contributed by atoms with E-state index >= 15 is 0 Å². The number of hydrogen-bond donors (Lipinski definition) is 1. The van der Waals surface area contributed by atoms with Gasteiger partial charge in [0.25, 0.3) is 0 Å². The zero-order valence-electron chi connectivity index (χ0n) is 12.5. The van der Waals surface area contributed by atoms with Gasteiger partial charge in [-0.1, -0.05) is 37.6 Å². The van der Waals surface area contributed by atoms with Gasteiger partial charge in [0, 0.05) is 11.4 Å². The van der Waals surface area contributed by atoms with E-state index in [1.54, 1.807) is 0 Å². The zero-order valence-corrected chi connectivity index (χ0v) is 13.3. The minimum Gasteiger partial charge on any atom is -0.480 e. The van der Waals surface area contributed by atoms with E-state index in [2.05, 4.69) is 18.7 Å². The summed E-state index contributed by atoms with van der Waals surface area (Å²) in [5, 5.41) is 10.4. The van der Waals surface area contributed by atoms with Gasteiger partial charge in [-0.2, -0.15) is 0 Å². The predicted octanol–water partition coefficient (Wildman–Crippen LogP) is 3.85. The van der Waals surface area contributed by atoms with Crippen LogP contribution >= 0.6 is 11.6 Å². The van der Waals surface area contributed by atoms with Gasteiger partial charge in [0.2, 0.25) is 0 Å². The molecule has 20 heavy (non-hydrogen) atoms. The molecule has 1 N–H and O–H groups in total. The van der Waals surface area contributed by atoms with E-state index in [-0.39, 0.29) is 0 Å². The lowest BCUT2D eigenvalue weighted by molar-refractivity contribution is -0.150. The molecule has 4 heteroatoms. The maximum atomic E-state index is 11.8. The molecule has 1 unspecified atom stereocenters. The number of nitrogens with zero attached hydrogens (tertiary/aromatic N) is 1. The molecule has 0 aliphatic carbocycles. The Morgan fingerprint density at radius 1 is 1.20 bits per heavy atom. The first kappa shape index (κ1) is 17.0. The Hall–Kier alpha value is -1.06. The second kappa shape index (κ2) is 7.65. The van der Waals surface area contributed by atoms with Crippen LogP contribution < -0.4 is 0 Å². The summed E-state index contributed by atoms with van der Waals surface area (Å²) in [7, 11) is 0. The fraction of sp³-hybridized carbons (Fsp3) is 0.562. The van der Waals surface area contributed by atoms with Gasteiger partial charge in [-0.05, 0) is 50.6 Å². The van der Waals surface area contributed by atoms with Crippen molar-refractivity contribution in [1.82, 2.24) is 4.90 Å². The van der Waals surface area contributed by atoms with E-state index in [1.807, 2.05) is 31.2 Å². The molecule has 0 spiro atoms. The molecule has 0 saturated heterocycles. The van der Waals surface area contributed by atoms with Gasteiger partial charge in [0.1, 0.15) is 5.54 Å². The van der Waals surface area contributed by atoms with Crippen molar-refractivity contribution in [2.45, 2.75) is 45.6 Å². The highest BCUT2D eigenvalue weighted by molar-refractivity contribution is 6.30. The van der Waals surface area contributed by atoms with E-state index in [9.17, 15) is 9.90 Å². The number of hydrogen-bond acceptors (Lipinski definition) is 2. The lowest BCUT2D eigenvalue weighted by atomic mass is 9.90. The fourth-order valence-electron chi connectivity index (χ4n) is 2.47. The summed E-state index contributed by atoms with van der Waals surface area (Å²) in [5.74, 6) is -0.769. The second-order valence-electron chi connectivity index (χ2n) is 5.37. The van der Waals surface area contributed by atoms with Crippen LogP contribution in [0.2, 0.25) is 5.02 Å². The van der Waals surface area contributed by atoms with Gasteiger partial charge in [0.05, 0.1) is 0 Å². The topological polar surface area (TPSA) is 40.5 Å². The fourth-order valence-corrected chi connectivity index (χ4v) is 2.59. The van der Waals surface area contributed by atoms with Crippen LogP contribution in [0, 0.1) is 0 Å². The number of carboxylic acid groups (broad SMARTS) is 1. The molecule has 1 aromatic rings. The quantitative estimate of drug-likeness (QED) is 0.792. The first-order valence-corrected chi connectivity index (χ1v) is 7.54. The van der Waals surface area contributed by atoms with Gasteiger partial charge in [0.15, 0.2) is 0 Å². The van der Waals surface area contributed by atoms with E-state index in [0.717, 1.165) is 31.5 Å². The average Bonchev–Trinajstić information content (AvgIpc) is 2.41. The molecule has 0 radical (unpaired) electrons. The standard InChI is InChI=1S/C16H24ClNO2/c1-4-10-18(11-5-2)16(3,15(19)20)12-13-6-8-14(17)9-7-13/h6-9H,4-5,10-12H2,1-3H3,(H,19,20). The average molecular weight is 298 g/mol. The smallest absolute Gasteiger partial charge is 0.324 e. The summed E-state index contributed by atoms with van der Waals surface area (Å²) in [5.41, 5.74) is 0.122. The molecule has 0 aliphatic rings. The molecular formula is C16H24ClNO2. The molecule has 0 fully saturated rings. The summed E-state index contributed by atoms with van der Waals surface area (Å²) in [6.07, 6.45) is 2.38. The van der Waals surface area contributed by atoms with Gasteiger partial charge in [-0.15, -0.1) is 0 Å². The second-order valence-corrected chi connectivity index (χ2v) is 5.81. The van der Waals surface area contributed by atoms with Crippen LogP contribution in [0.25, 0.3) is 0 Å². The van der Waals surface area contributed by atoms with Gasteiger partial charge in [-0.25, -0.2) is 0 Å². The van der Waals surface area contributed by atoms with Crippen molar-refractivity contribution in [2.24, 2.45) is 0 Å². The third-order valence-corrected chi connectivity index (χ3v) is 3.86. The minimum absolute atomic E-state index is 0.486. The van der Waals surface area contributed by atoms with Gasteiger partial charge >= 0.3 is 5.97 Å². The largest absolute Gasteiger partial charge is 0.480 e. The molecule has 1 atom stereocenters. The molecule has 112 valence electrons. The number of rotatable bonds is 8. The third-order valence-electron chi connectivity index (χ3n) is 3.61. The summed E-state index contributed by atoms with van der Waals surface area (Å²) >= 11 is 5.88. The maximum Gasteiger partial charge on any atom is 0.324 e. The molecule has 0 aliphatic heterocycles. The number of carbonyl (C=O) groups is 1. The van der Waals surface area contributed by atoms with Crippen molar-refractivity contribution < 1.29 is 9.90 Å². The van der Waals surface area contributed by atoms with Gasteiger partial charge in [-0.3, -0.25) is 9.69 Å². The first-order valence-electron chi connectivity index (χ1n) is 7.17. The monoisotopic (exact) mass is 297 g/mol. The lowest BCUT2D eigenvalue weighted by Gasteiger charge is -2.38. The Morgan fingerprint density at radius 3 is 2.10 bits per heavy atom. The van der Waals surface area contributed by atoms with E-state index < -0.39 is 11.5 Å². The summed E-state index contributed by atoms with van der Waals surface area (Å²) in [4.78, 5) is 13.9. The molecule has 0 aromatic heterocycles. The van der Waals surface area contributed by atoms with Crippen molar-refractivity contribution >= 4 is 17.6 Å². The number of aliphatic carboxylic acids is 1. The molecule has 0 heterocycles. The number of benzene rings is 1. The van der Waals surface area contributed by atoms with Crippen molar-refractivity contribution in [2.75, 3.05) is 13.1 Å². The molecule has 0 saturated carbocycles. The van der Waals surface area contributed by atoms with Gasteiger partial charge < -0.3 is 5.11 Å². The number of carboxylic acids is 1. The van der Waals surface area contributed by atoms with Crippen LogP contribution in [0.15, 0.2) is 24.3 Å². The Labute approximate surface area is 126 Å². The highest BCUT2D eigenvalue weighted by Crippen LogP contribution is 2.23.